The highest BCUT2D eigenvalue weighted by atomic mass is 16.3. The summed E-state index contributed by atoms with van der Waals surface area (Å²) in [4.78, 5) is 39.9. The van der Waals surface area contributed by atoms with Crippen molar-refractivity contribution in [1.29, 1.82) is 0 Å². The number of aryl methyl sites for hydroxylation is 1. The molecular weight excluding hydrogens is 470 g/mol. The van der Waals surface area contributed by atoms with Crippen molar-refractivity contribution in [3.8, 4) is 16.9 Å². The number of nitrogens with one attached hydrogen (secondary N) is 2. The van der Waals surface area contributed by atoms with Gasteiger partial charge in [-0.3, -0.25) is 19.1 Å². The third-order valence-corrected chi connectivity index (χ3v) is 6.40. The number of phenolic OH excluding ortho intramolecular Hbond substituents is 1. The maximum absolute atomic E-state index is 12.9. The molecule has 1 aromatic heterocycles. The predicted molar refractivity (Wildman–Crippen MR) is 140 cm³/mol. The number of amides is 3. The van der Waals surface area contributed by atoms with E-state index >= 15 is 0 Å². The minimum absolute atomic E-state index is 0.00163. The fourth-order valence-corrected chi connectivity index (χ4v) is 4.38. The summed E-state index contributed by atoms with van der Waals surface area (Å²) in [5, 5.41) is 20.4. The number of fused-ring (bicyclic) bond motifs is 5. The number of benzene rings is 2. The summed E-state index contributed by atoms with van der Waals surface area (Å²) in [6.45, 7) is 1.95. The average molecular weight is 504 g/mol. The second-order valence-corrected chi connectivity index (χ2v) is 9.18. The summed E-state index contributed by atoms with van der Waals surface area (Å²) < 4.78 is 1.78. The monoisotopic (exact) mass is 503 g/mol. The van der Waals surface area contributed by atoms with E-state index in [9.17, 15) is 19.5 Å². The van der Waals surface area contributed by atoms with Crippen molar-refractivity contribution in [3.63, 3.8) is 0 Å². The van der Waals surface area contributed by atoms with Gasteiger partial charge in [-0.15, -0.1) is 0 Å². The molecular formula is C28H33N5O4. The number of aromatic nitrogens is 2. The Hall–Kier alpha value is -4.14. The van der Waals surface area contributed by atoms with Crippen LogP contribution in [0.1, 0.15) is 41.6 Å². The molecule has 2 heterocycles. The highest BCUT2D eigenvalue weighted by Gasteiger charge is 2.17. The number of carbonyl (C=O) groups is 3. The van der Waals surface area contributed by atoms with E-state index in [2.05, 4.69) is 15.7 Å². The number of hydrogen-bond acceptors (Lipinski definition) is 5. The molecule has 4 bridgehead atoms. The lowest BCUT2D eigenvalue weighted by molar-refractivity contribution is -0.136. The SMILES string of the molecule is O=C1CN(C(=O)CCCn2cccn2)CCCCNC(=O)c2cccc(c2)-c2cc(ccc2O)CCN1. The Kier molecular flexibility index (Phi) is 8.91. The zero-order valence-corrected chi connectivity index (χ0v) is 20.9. The van der Waals surface area contributed by atoms with Gasteiger partial charge < -0.3 is 20.6 Å². The van der Waals surface area contributed by atoms with Crippen molar-refractivity contribution in [2.45, 2.75) is 38.6 Å². The Morgan fingerprint density at radius 3 is 2.70 bits per heavy atom. The Bertz CT molecular complexity index is 1230. The number of hydrogen-bond donors (Lipinski definition) is 3. The van der Waals surface area contributed by atoms with E-state index in [4.69, 9.17) is 0 Å². The minimum atomic E-state index is -0.207. The van der Waals surface area contributed by atoms with Gasteiger partial charge in [-0.2, -0.15) is 5.10 Å². The molecule has 9 nitrogen and oxygen atoms in total. The van der Waals surface area contributed by atoms with Crippen molar-refractivity contribution in [1.82, 2.24) is 25.3 Å². The molecule has 0 fully saturated rings. The lowest BCUT2D eigenvalue weighted by Gasteiger charge is -2.22. The number of carbonyl (C=O) groups excluding carboxylic acids is 3. The topological polar surface area (TPSA) is 117 Å². The van der Waals surface area contributed by atoms with Crippen LogP contribution in [0.2, 0.25) is 0 Å². The second-order valence-electron chi connectivity index (χ2n) is 9.18. The molecule has 3 N–H and O–H groups in total. The van der Waals surface area contributed by atoms with Crippen LogP contribution in [0.3, 0.4) is 0 Å². The Labute approximate surface area is 216 Å². The molecule has 0 saturated heterocycles. The largest absolute Gasteiger partial charge is 0.507 e. The molecule has 0 spiro atoms. The Balaban J connectivity index is 1.45. The smallest absolute Gasteiger partial charge is 0.251 e. The molecule has 1 aliphatic heterocycles. The van der Waals surface area contributed by atoms with E-state index in [1.165, 1.54) is 0 Å². The number of rotatable bonds is 4. The second kappa shape index (κ2) is 12.7. The molecule has 9 heteroatoms. The first kappa shape index (κ1) is 25.9. The Morgan fingerprint density at radius 1 is 1.00 bits per heavy atom. The quantitative estimate of drug-likeness (QED) is 0.506. The highest BCUT2D eigenvalue weighted by Crippen LogP contribution is 2.30. The van der Waals surface area contributed by atoms with Crippen molar-refractivity contribution in [2.24, 2.45) is 0 Å². The molecule has 0 unspecified atom stereocenters. The van der Waals surface area contributed by atoms with Gasteiger partial charge in [0.15, 0.2) is 0 Å². The van der Waals surface area contributed by atoms with Crippen LogP contribution in [0.15, 0.2) is 60.9 Å². The number of phenols is 1. The van der Waals surface area contributed by atoms with Gasteiger partial charge in [0.1, 0.15) is 5.75 Å². The van der Waals surface area contributed by atoms with Gasteiger partial charge >= 0.3 is 0 Å². The number of nitrogens with zero attached hydrogens (tertiary/aromatic N) is 3. The summed E-state index contributed by atoms with van der Waals surface area (Å²) in [5.74, 6) is -0.340. The zero-order chi connectivity index (χ0) is 26.0. The van der Waals surface area contributed by atoms with Crippen LogP contribution in [0, 0.1) is 0 Å². The van der Waals surface area contributed by atoms with Gasteiger partial charge in [-0.05, 0) is 67.1 Å². The molecule has 1 aliphatic rings. The van der Waals surface area contributed by atoms with Crippen LogP contribution in [0.5, 0.6) is 5.75 Å². The molecule has 4 rings (SSSR count). The molecule has 0 saturated carbocycles. The fourth-order valence-electron chi connectivity index (χ4n) is 4.38. The molecule has 2 aromatic carbocycles. The van der Waals surface area contributed by atoms with Gasteiger partial charge in [0, 0.05) is 56.1 Å². The lowest BCUT2D eigenvalue weighted by Crippen LogP contribution is -2.42. The van der Waals surface area contributed by atoms with Gasteiger partial charge in [-0.1, -0.05) is 18.2 Å². The van der Waals surface area contributed by atoms with Gasteiger partial charge in [0.05, 0.1) is 6.54 Å². The maximum Gasteiger partial charge on any atom is 0.251 e. The van der Waals surface area contributed by atoms with Crippen molar-refractivity contribution in [2.75, 3.05) is 26.2 Å². The molecule has 0 radical (unpaired) electrons. The van der Waals surface area contributed by atoms with Gasteiger partial charge in [0.25, 0.3) is 5.91 Å². The van der Waals surface area contributed by atoms with E-state index < -0.39 is 0 Å². The van der Waals surface area contributed by atoms with E-state index in [0.29, 0.717) is 69.4 Å². The third-order valence-electron chi connectivity index (χ3n) is 6.40. The van der Waals surface area contributed by atoms with E-state index in [-0.39, 0.29) is 30.0 Å². The average Bonchev–Trinajstić information content (AvgIpc) is 3.42. The van der Waals surface area contributed by atoms with Crippen molar-refractivity contribution >= 4 is 17.7 Å². The summed E-state index contributed by atoms with van der Waals surface area (Å²) in [7, 11) is 0. The standard InChI is InChI=1S/C28H33N5O4/c34-25-10-9-21-11-14-29-26(35)20-32(27(36)8-4-16-33-17-5-13-31-33)15-2-1-12-30-28(37)23-7-3-6-22(19-23)24(25)18-21/h3,5-7,9-10,13,17-19,34H,1-2,4,8,11-12,14-16,20H2,(H,29,35)(H,30,37). The first-order valence-corrected chi connectivity index (χ1v) is 12.7. The Morgan fingerprint density at radius 2 is 1.86 bits per heavy atom. The first-order chi connectivity index (χ1) is 18.0. The lowest BCUT2D eigenvalue weighted by atomic mass is 9.98. The normalized spacial score (nSPS) is 15.3. The summed E-state index contributed by atoms with van der Waals surface area (Å²) >= 11 is 0. The van der Waals surface area contributed by atoms with Crippen molar-refractivity contribution < 1.29 is 19.5 Å². The predicted octanol–water partition coefficient (Wildman–Crippen LogP) is 2.75. The minimum Gasteiger partial charge on any atom is -0.507 e. The van der Waals surface area contributed by atoms with Crippen LogP contribution in [-0.4, -0.2) is 63.7 Å². The molecule has 3 aromatic rings. The van der Waals surface area contributed by atoms with E-state index in [1.54, 1.807) is 40.0 Å². The summed E-state index contributed by atoms with van der Waals surface area (Å²) in [6, 6.07) is 14.3. The van der Waals surface area contributed by atoms with E-state index in [0.717, 1.165) is 11.1 Å². The van der Waals surface area contributed by atoms with Crippen LogP contribution in [0.25, 0.3) is 11.1 Å². The van der Waals surface area contributed by atoms with Crippen molar-refractivity contribution in [3.05, 3.63) is 72.1 Å². The molecule has 0 aliphatic carbocycles. The molecule has 37 heavy (non-hydrogen) atoms. The van der Waals surface area contributed by atoms with Gasteiger partial charge in [-0.25, -0.2) is 0 Å². The third kappa shape index (κ3) is 7.42. The summed E-state index contributed by atoms with van der Waals surface area (Å²) in [5.41, 5.74) is 2.84. The number of aromatic hydroxyl groups is 1. The zero-order valence-electron chi connectivity index (χ0n) is 20.9. The van der Waals surface area contributed by atoms with Gasteiger partial charge in [0.2, 0.25) is 11.8 Å². The van der Waals surface area contributed by atoms with Crippen LogP contribution >= 0.6 is 0 Å². The van der Waals surface area contributed by atoms with Crippen LogP contribution in [-0.2, 0) is 22.6 Å². The summed E-state index contributed by atoms with van der Waals surface area (Å²) in [6.07, 6.45) is 6.43. The van der Waals surface area contributed by atoms with Crippen LogP contribution < -0.4 is 10.6 Å². The fraction of sp³-hybridized carbons (Fsp3) is 0.357. The highest BCUT2D eigenvalue weighted by molar-refractivity contribution is 5.95. The van der Waals surface area contributed by atoms with Crippen LogP contribution in [0.4, 0.5) is 0 Å². The molecule has 194 valence electrons. The maximum atomic E-state index is 12.9. The molecule has 0 atom stereocenters. The first-order valence-electron chi connectivity index (χ1n) is 12.7. The van der Waals surface area contributed by atoms with E-state index in [1.807, 2.05) is 30.5 Å². The molecule has 3 amide bonds.